The third-order valence-electron chi connectivity index (χ3n) is 3.41. The maximum absolute atomic E-state index is 6.19. The van der Waals surface area contributed by atoms with Gasteiger partial charge in [-0.15, -0.1) is 0 Å². The van der Waals surface area contributed by atoms with Gasteiger partial charge in [-0.05, 0) is 36.9 Å². The molecule has 0 spiro atoms. The first-order valence-electron chi connectivity index (χ1n) is 6.80. The zero-order chi connectivity index (χ0) is 13.0. The molecule has 1 aliphatic heterocycles. The smallest absolute Gasteiger partial charge is 0.128 e. The van der Waals surface area contributed by atoms with Crippen LogP contribution in [0.15, 0.2) is 12.3 Å². The molecule has 0 aromatic carbocycles. The molecule has 18 heavy (non-hydrogen) atoms. The Morgan fingerprint density at radius 2 is 2.39 bits per heavy atom. The molecule has 1 aromatic rings. The lowest BCUT2D eigenvalue weighted by atomic mass is 10.2. The summed E-state index contributed by atoms with van der Waals surface area (Å²) in [5, 5.41) is 4.15. The highest BCUT2D eigenvalue weighted by molar-refractivity contribution is 6.31. The highest BCUT2D eigenvalue weighted by Gasteiger charge is 2.20. The third kappa shape index (κ3) is 3.36. The van der Waals surface area contributed by atoms with Crippen LogP contribution in [-0.2, 0) is 6.54 Å². The van der Waals surface area contributed by atoms with Crippen molar-refractivity contribution >= 4 is 17.4 Å². The Kier molecular flexibility index (Phi) is 4.84. The zero-order valence-corrected chi connectivity index (χ0v) is 12.0. The first kappa shape index (κ1) is 13.6. The number of rotatable bonds is 5. The third-order valence-corrected chi connectivity index (χ3v) is 3.75. The number of anilines is 1. The minimum Gasteiger partial charge on any atom is -0.356 e. The second kappa shape index (κ2) is 6.39. The van der Waals surface area contributed by atoms with Gasteiger partial charge in [0.1, 0.15) is 5.82 Å². The lowest BCUT2D eigenvalue weighted by molar-refractivity contribution is 0.658. The average molecular weight is 268 g/mol. The quantitative estimate of drug-likeness (QED) is 0.831. The van der Waals surface area contributed by atoms with E-state index in [-0.39, 0.29) is 0 Å². The van der Waals surface area contributed by atoms with Crippen LogP contribution < -0.4 is 10.2 Å². The number of pyridine rings is 1. The molecule has 3 nitrogen and oxygen atoms in total. The highest BCUT2D eigenvalue weighted by Crippen LogP contribution is 2.25. The van der Waals surface area contributed by atoms with Gasteiger partial charge in [-0.2, -0.15) is 0 Å². The van der Waals surface area contributed by atoms with Crippen LogP contribution in [-0.4, -0.2) is 24.6 Å². The molecule has 100 valence electrons. The molecule has 0 aliphatic carbocycles. The van der Waals surface area contributed by atoms with Crippen LogP contribution in [0.1, 0.15) is 32.3 Å². The van der Waals surface area contributed by atoms with Gasteiger partial charge in [-0.25, -0.2) is 4.98 Å². The SMILES string of the molecule is CCCNCc1cc(N2CCC(C)C2)ncc1Cl. The van der Waals surface area contributed by atoms with Crippen molar-refractivity contribution in [3.63, 3.8) is 0 Å². The first-order chi connectivity index (χ1) is 8.70. The van der Waals surface area contributed by atoms with E-state index in [2.05, 4.69) is 35.1 Å². The molecule has 1 aromatic heterocycles. The predicted molar refractivity (Wildman–Crippen MR) is 77.2 cm³/mol. The van der Waals surface area contributed by atoms with Crippen LogP contribution in [0.2, 0.25) is 5.02 Å². The van der Waals surface area contributed by atoms with E-state index in [1.807, 2.05) is 0 Å². The van der Waals surface area contributed by atoms with Gasteiger partial charge in [0.15, 0.2) is 0 Å². The van der Waals surface area contributed by atoms with Gasteiger partial charge in [-0.3, -0.25) is 0 Å². The molecule has 2 rings (SSSR count). The van der Waals surface area contributed by atoms with E-state index in [1.54, 1.807) is 6.20 Å². The maximum Gasteiger partial charge on any atom is 0.128 e. The van der Waals surface area contributed by atoms with Crippen molar-refractivity contribution in [2.24, 2.45) is 5.92 Å². The minimum absolute atomic E-state index is 0.759. The summed E-state index contributed by atoms with van der Waals surface area (Å²) in [7, 11) is 0. The molecule has 4 heteroatoms. The first-order valence-corrected chi connectivity index (χ1v) is 7.18. The van der Waals surface area contributed by atoms with Crippen LogP contribution in [0.4, 0.5) is 5.82 Å². The summed E-state index contributed by atoms with van der Waals surface area (Å²) < 4.78 is 0. The fourth-order valence-corrected chi connectivity index (χ4v) is 2.49. The summed E-state index contributed by atoms with van der Waals surface area (Å²) in [6.45, 7) is 8.52. The Labute approximate surface area is 115 Å². The predicted octanol–water partition coefficient (Wildman–Crippen LogP) is 3.08. The van der Waals surface area contributed by atoms with Gasteiger partial charge in [0.2, 0.25) is 0 Å². The molecule has 0 bridgehead atoms. The van der Waals surface area contributed by atoms with Crippen molar-refractivity contribution in [2.45, 2.75) is 33.2 Å². The second-order valence-electron chi connectivity index (χ2n) is 5.15. The highest BCUT2D eigenvalue weighted by atomic mass is 35.5. The van der Waals surface area contributed by atoms with Crippen molar-refractivity contribution in [3.05, 3.63) is 22.8 Å². The summed E-state index contributed by atoms with van der Waals surface area (Å²) in [6, 6.07) is 2.13. The van der Waals surface area contributed by atoms with E-state index in [4.69, 9.17) is 11.6 Å². The fourth-order valence-electron chi connectivity index (χ4n) is 2.32. The molecule has 1 atom stereocenters. The van der Waals surface area contributed by atoms with Crippen LogP contribution >= 0.6 is 11.6 Å². The lowest BCUT2D eigenvalue weighted by Gasteiger charge is -2.18. The summed E-state index contributed by atoms with van der Waals surface area (Å²) in [5.41, 5.74) is 1.15. The lowest BCUT2D eigenvalue weighted by Crippen LogP contribution is -2.21. The Morgan fingerprint density at radius 1 is 1.56 bits per heavy atom. The molecule has 2 heterocycles. The van der Waals surface area contributed by atoms with Gasteiger partial charge in [0.05, 0.1) is 5.02 Å². The molecule has 1 unspecified atom stereocenters. The monoisotopic (exact) mass is 267 g/mol. The second-order valence-corrected chi connectivity index (χ2v) is 5.56. The van der Waals surface area contributed by atoms with E-state index in [0.29, 0.717) is 0 Å². The summed E-state index contributed by atoms with van der Waals surface area (Å²) >= 11 is 6.19. The van der Waals surface area contributed by atoms with Crippen LogP contribution in [0.5, 0.6) is 0 Å². The number of nitrogens with zero attached hydrogens (tertiary/aromatic N) is 2. The molecule has 0 radical (unpaired) electrons. The molecule has 1 saturated heterocycles. The van der Waals surface area contributed by atoms with Crippen LogP contribution in [0, 0.1) is 5.92 Å². The molecule has 1 fully saturated rings. The van der Waals surface area contributed by atoms with Crippen molar-refractivity contribution in [1.82, 2.24) is 10.3 Å². The number of aromatic nitrogens is 1. The van der Waals surface area contributed by atoms with E-state index >= 15 is 0 Å². The van der Waals surface area contributed by atoms with Crippen LogP contribution in [0.25, 0.3) is 0 Å². The Morgan fingerprint density at radius 3 is 3.06 bits per heavy atom. The van der Waals surface area contributed by atoms with E-state index < -0.39 is 0 Å². The standard InChI is InChI=1S/C14H22ClN3/c1-3-5-16-8-12-7-14(17-9-13(12)15)18-6-4-11(2)10-18/h7,9,11,16H,3-6,8,10H2,1-2H3. The number of hydrogen-bond donors (Lipinski definition) is 1. The molecule has 0 saturated carbocycles. The van der Waals surface area contributed by atoms with Crippen molar-refractivity contribution in [3.8, 4) is 0 Å². The molecule has 1 N–H and O–H groups in total. The van der Waals surface area contributed by atoms with Crippen molar-refractivity contribution in [2.75, 3.05) is 24.5 Å². The van der Waals surface area contributed by atoms with Crippen molar-refractivity contribution < 1.29 is 0 Å². The number of hydrogen-bond acceptors (Lipinski definition) is 3. The molecular formula is C14H22ClN3. The van der Waals surface area contributed by atoms with Gasteiger partial charge < -0.3 is 10.2 Å². The fraction of sp³-hybridized carbons (Fsp3) is 0.643. The molecular weight excluding hydrogens is 246 g/mol. The average Bonchev–Trinajstić information content (AvgIpc) is 2.78. The Balaban J connectivity index is 2.05. The van der Waals surface area contributed by atoms with Gasteiger partial charge in [0, 0.05) is 25.8 Å². The zero-order valence-electron chi connectivity index (χ0n) is 11.2. The van der Waals surface area contributed by atoms with Gasteiger partial charge in [-0.1, -0.05) is 25.4 Å². The number of halogens is 1. The van der Waals surface area contributed by atoms with Gasteiger partial charge >= 0.3 is 0 Å². The van der Waals surface area contributed by atoms with E-state index in [0.717, 1.165) is 54.9 Å². The van der Waals surface area contributed by atoms with Crippen molar-refractivity contribution in [1.29, 1.82) is 0 Å². The maximum atomic E-state index is 6.19. The van der Waals surface area contributed by atoms with Crippen LogP contribution in [0.3, 0.4) is 0 Å². The topological polar surface area (TPSA) is 28.2 Å². The minimum atomic E-state index is 0.759. The summed E-state index contributed by atoms with van der Waals surface area (Å²) in [6.07, 6.45) is 4.18. The Hall–Kier alpha value is -0.800. The Bertz CT molecular complexity index is 395. The van der Waals surface area contributed by atoms with E-state index in [9.17, 15) is 0 Å². The molecule has 1 aliphatic rings. The normalized spacial score (nSPS) is 19.5. The summed E-state index contributed by atoms with van der Waals surface area (Å²) in [5.74, 6) is 1.83. The molecule has 0 amide bonds. The summed E-state index contributed by atoms with van der Waals surface area (Å²) in [4.78, 5) is 6.80. The van der Waals surface area contributed by atoms with E-state index in [1.165, 1.54) is 6.42 Å². The number of nitrogens with one attached hydrogen (secondary N) is 1. The largest absolute Gasteiger partial charge is 0.356 e. The van der Waals surface area contributed by atoms with Gasteiger partial charge in [0.25, 0.3) is 0 Å².